The lowest BCUT2D eigenvalue weighted by atomic mass is 10.0. The van der Waals surface area contributed by atoms with Gasteiger partial charge in [0.25, 0.3) is 0 Å². The quantitative estimate of drug-likeness (QED) is 0.186. The second-order valence-electron chi connectivity index (χ2n) is 11.5. The third-order valence-electron chi connectivity index (χ3n) is 8.81. The maximum atomic E-state index is 16.2. The molecule has 0 spiro atoms. The maximum Gasteiger partial charge on any atom is 0.185 e. The van der Waals surface area contributed by atoms with E-state index in [4.69, 9.17) is 9.47 Å². The Hall–Kier alpha value is -5.70. The van der Waals surface area contributed by atoms with Gasteiger partial charge < -0.3 is 14.0 Å². The number of hydrogen-bond acceptors (Lipinski definition) is 4. The second kappa shape index (κ2) is 10.4. The van der Waals surface area contributed by atoms with E-state index in [0.29, 0.717) is 38.9 Å². The molecular formula is C41H26NO3P. The van der Waals surface area contributed by atoms with Gasteiger partial charge in [-0.15, -0.1) is 0 Å². The van der Waals surface area contributed by atoms with E-state index >= 15 is 4.57 Å². The summed E-state index contributed by atoms with van der Waals surface area (Å²) in [4.78, 5) is 4.50. The number of ether oxygens (including phenoxy) is 2. The van der Waals surface area contributed by atoms with Gasteiger partial charge in [0, 0.05) is 17.3 Å². The van der Waals surface area contributed by atoms with Crippen LogP contribution in [-0.4, -0.2) is 4.98 Å². The van der Waals surface area contributed by atoms with Crippen molar-refractivity contribution >= 4 is 23.1 Å². The van der Waals surface area contributed by atoms with Crippen molar-refractivity contribution in [3.63, 3.8) is 0 Å². The Bertz CT molecular complexity index is 2260. The van der Waals surface area contributed by atoms with Gasteiger partial charge in [-0.1, -0.05) is 103 Å². The fourth-order valence-corrected chi connectivity index (χ4v) is 9.66. The van der Waals surface area contributed by atoms with Crippen LogP contribution in [0.15, 0.2) is 158 Å². The third-order valence-corrected chi connectivity index (χ3v) is 11.9. The summed E-state index contributed by atoms with van der Waals surface area (Å²) < 4.78 is 29.4. The van der Waals surface area contributed by atoms with Gasteiger partial charge in [0.15, 0.2) is 7.14 Å². The fourth-order valence-electron chi connectivity index (χ4n) is 6.54. The van der Waals surface area contributed by atoms with E-state index in [1.54, 1.807) is 6.20 Å². The summed E-state index contributed by atoms with van der Waals surface area (Å²) in [6.45, 7) is 0. The summed E-state index contributed by atoms with van der Waals surface area (Å²) in [5.41, 5.74) is 7.81. The standard InChI is InChI=1S/C41H26NO3P/c43-46-38-25-31(27-9-3-1-4-10-27)18-21-35(38)44-37-23-20-33(29-14-16-30(17-15-29)34-13-7-8-24-42-34)40(41(37)46)45-36-22-19-32(26-39(36)46)28-11-5-2-6-12-28/h1-26H. The van der Waals surface area contributed by atoms with Crippen LogP contribution in [0, 0.1) is 0 Å². The van der Waals surface area contributed by atoms with E-state index in [-0.39, 0.29) is 0 Å². The molecule has 0 aliphatic carbocycles. The molecule has 46 heavy (non-hydrogen) atoms. The van der Waals surface area contributed by atoms with Crippen LogP contribution < -0.4 is 25.4 Å². The number of nitrogens with zero attached hydrogens (tertiary/aromatic N) is 1. The number of hydrogen-bond donors (Lipinski definition) is 0. The van der Waals surface area contributed by atoms with E-state index in [2.05, 4.69) is 53.5 Å². The molecule has 1 atom stereocenters. The largest absolute Gasteiger partial charge is 0.456 e. The molecule has 9 rings (SSSR count). The van der Waals surface area contributed by atoms with Gasteiger partial charge in [-0.05, 0) is 76.3 Å². The second-order valence-corrected chi connectivity index (χ2v) is 14.1. The minimum Gasteiger partial charge on any atom is -0.456 e. The van der Waals surface area contributed by atoms with Crippen molar-refractivity contribution in [1.29, 1.82) is 0 Å². The van der Waals surface area contributed by atoms with Crippen LogP contribution in [0.2, 0.25) is 0 Å². The molecule has 3 heterocycles. The molecule has 0 N–H and O–H groups in total. The first kappa shape index (κ1) is 26.7. The lowest BCUT2D eigenvalue weighted by Gasteiger charge is -2.36. The van der Waals surface area contributed by atoms with Crippen molar-refractivity contribution in [2.24, 2.45) is 0 Å². The Morgan fingerprint density at radius 1 is 0.457 bits per heavy atom. The van der Waals surface area contributed by atoms with Gasteiger partial charge in [0.2, 0.25) is 0 Å². The van der Waals surface area contributed by atoms with E-state index in [0.717, 1.165) is 44.6 Å². The highest BCUT2D eigenvalue weighted by Gasteiger charge is 2.47. The average molecular weight is 612 g/mol. The van der Waals surface area contributed by atoms with Gasteiger partial charge in [-0.25, -0.2) is 0 Å². The van der Waals surface area contributed by atoms with Crippen LogP contribution in [0.5, 0.6) is 23.0 Å². The molecule has 5 heteroatoms. The Morgan fingerprint density at radius 2 is 1.00 bits per heavy atom. The molecule has 1 aromatic heterocycles. The first-order chi connectivity index (χ1) is 22.7. The number of benzene rings is 6. The topological polar surface area (TPSA) is 48.4 Å². The van der Waals surface area contributed by atoms with Gasteiger partial charge >= 0.3 is 0 Å². The third kappa shape index (κ3) is 4.15. The van der Waals surface area contributed by atoms with Gasteiger partial charge in [-0.2, -0.15) is 0 Å². The highest BCUT2D eigenvalue weighted by Crippen LogP contribution is 2.60. The van der Waals surface area contributed by atoms with Crippen LogP contribution in [0.4, 0.5) is 0 Å². The van der Waals surface area contributed by atoms with Crippen molar-refractivity contribution in [1.82, 2.24) is 4.98 Å². The smallest absolute Gasteiger partial charge is 0.185 e. The molecule has 0 saturated heterocycles. The summed E-state index contributed by atoms with van der Waals surface area (Å²) in [7, 11) is -3.47. The summed E-state index contributed by atoms with van der Waals surface area (Å²) >= 11 is 0. The highest BCUT2D eigenvalue weighted by molar-refractivity contribution is 7.86. The van der Waals surface area contributed by atoms with E-state index in [1.165, 1.54) is 0 Å². The lowest BCUT2D eigenvalue weighted by molar-refractivity contribution is 0.463. The Labute approximate surface area is 266 Å². The predicted molar refractivity (Wildman–Crippen MR) is 186 cm³/mol. The van der Waals surface area contributed by atoms with Crippen molar-refractivity contribution in [2.75, 3.05) is 0 Å². The zero-order valence-electron chi connectivity index (χ0n) is 24.6. The predicted octanol–water partition coefficient (Wildman–Crippen LogP) is 9.60. The van der Waals surface area contributed by atoms with E-state index in [1.807, 2.05) is 103 Å². The molecule has 0 radical (unpaired) electrons. The van der Waals surface area contributed by atoms with Crippen LogP contribution >= 0.6 is 7.14 Å². The monoisotopic (exact) mass is 611 g/mol. The molecule has 6 aromatic carbocycles. The van der Waals surface area contributed by atoms with Crippen LogP contribution in [0.25, 0.3) is 44.6 Å². The van der Waals surface area contributed by atoms with E-state index < -0.39 is 7.14 Å². The van der Waals surface area contributed by atoms with Crippen LogP contribution in [0.1, 0.15) is 0 Å². The van der Waals surface area contributed by atoms with Crippen molar-refractivity contribution in [3.8, 4) is 67.6 Å². The van der Waals surface area contributed by atoms with Crippen LogP contribution in [0.3, 0.4) is 0 Å². The molecule has 1 unspecified atom stereocenters. The van der Waals surface area contributed by atoms with Crippen molar-refractivity contribution < 1.29 is 14.0 Å². The normalized spacial score (nSPS) is 15.5. The zero-order valence-corrected chi connectivity index (χ0v) is 25.5. The molecule has 7 aromatic rings. The SMILES string of the molecule is O=P12c3cc(-c4ccccc4)ccc3Oc3ccc(-c4ccc(-c5ccccn5)cc4)c(c31)Oc1ccc(-c3ccccc3)cc12. The molecule has 2 aliphatic heterocycles. The molecule has 0 saturated carbocycles. The lowest BCUT2D eigenvalue weighted by Crippen LogP contribution is -2.35. The fraction of sp³-hybridized carbons (Fsp3) is 0. The summed E-state index contributed by atoms with van der Waals surface area (Å²) in [5.74, 6) is 2.33. The number of fused-ring (bicyclic) bond motifs is 4. The molecule has 0 bridgehead atoms. The minimum absolute atomic E-state index is 0.558. The molecular weight excluding hydrogens is 585 g/mol. The molecule has 2 aliphatic rings. The minimum atomic E-state index is -3.47. The Morgan fingerprint density at radius 3 is 1.61 bits per heavy atom. The first-order valence-corrected chi connectivity index (χ1v) is 16.9. The summed E-state index contributed by atoms with van der Waals surface area (Å²) in [6.07, 6.45) is 1.80. The number of aromatic nitrogens is 1. The van der Waals surface area contributed by atoms with Crippen molar-refractivity contribution in [3.05, 3.63) is 158 Å². The zero-order chi connectivity index (χ0) is 30.7. The Balaban J connectivity index is 1.27. The average Bonchev–Trinajstić information content (AvgIpc) is 3.13. The summed E-state index contributed by atoms with van der Waals surface area (Å²) in [5, 5.41) is 1.97. The van der Waals surface area contributed by atoms with Crippen molar-refractivity contribution in [2.45, 2.75) is 0 Å². The number of pyridine rings is 1. The van der Waals surface area contributed by atoms with Crippen LogP contribution in [-0.2, 0) is 4.57 Å². The summed E-state index contributed by atoms with van der Waals surface area (Å²) in [6, 6.07) is 50.5. The molecule has 4 nitrogen and oxygen atoms in total. The van der Waals surface area contributed by atoms with Gasteiger partial charge in [0.1, 0.15) is 28.3 Å². The molecule has 0 fully saturated rings. The highest BCUT2D eigenvalue weighted by atomic mass is 31.2. The Kier molecular flexibility index (Phi) is 6.06. The number of rotatable bonds is 4. The maximum absolute atomic E-state index is 16.2. The molecule has 218 valence electrons. The van der Waals surface area contributed by atoms with E-state index in [9.17, 15) is 0 Å². The molecule has 0 amide bonds. The van der Waals surface area contributed by atoms with Gasteiger partial charge in [-0.3, -0.25) is 4.98 Å². The first-order valence-electron chi connectivity index (χ1n) is 15.2. The van der Waals surface area contributed by atoms with Gasteiger partial charge in [0.05, 0.1) is 16.3 Å².